The Morgan fingerprint density at radius 2 is 2.00 bits per heavy atom. The van der Waals surface area contributed by atoms with Crippen molar-refractivity contribution in [3.05, 3.63) is 34.9 Å². The molecule has 2 heteroatoms. The molecule has 0 aromatic heterocycles. The summed E-state index contributed by atoms with van der Waals surface area (Å²) >= 11 is 0. The van der Waals surface area contributed by atoms with E-state index in [4.69, 9.17) is 5.73 Å². The Labute approximate surface area is 111 Å². The molecule has 1 aliphatic rings. The van der Waals surface area contributed by atoms with E-state index in [0.29, 0.717) is 12.0 Å². The largest absolute Gasteiger partial charge is 0.330 e. The molecule has 0 spiro atoms. The van der Waals surface area contributed by atoms with Crippen LogP contribution in [0.2, 0.25) is 0 Å². The third-order valence-corrected chi connectivity index (χ3v) is 4.49. The summed E-state index contributed by atoms with van der Waals surface area (Å²) < 4.78 is 0. The summed E-state index contributed by atoms with van der Waals surface area (Å²) in [5.41, 5.74) is 10.1. The second-order valence-corrected chi connectivity index (χ2v) is 5.83. The molecule has 1 aromatic rings. The molecule has 2 rings (SSSR count). The molecule has 0 aliphatic heterocycles. The summed E-state index contributed by atoms with van der Waals surface area (Å²) in [5.74, 6) is 0.696. The van der Waals surface area contributed by atoms with Crippen molar-refractivity contribution in [2.24, 2.45) is 11.7 Å². The molecule has 0 heterocycles. The van der Waals surface area contributed by atoms with Gasteiger partial charge in [0.2, 0.25) is 0 Å². The van der Waals surface area contributed by atoms with Gasteiger partial charge in [-0.1, -0.05) is 24.6 Å². The van der Waals surface area contributed by atoms with Crippen LogP contribution >= 0.6 is 0 Å². The molecule has 2 atom stereocenters. The molecule has 1 saturated carbocycles. The SMILES string of the molecule is Cc1ccc(CN(C)C2CCCC2CN)cc1C. The first-order chi connectivity index (χ1) is 8.61. The predicted molar refractivity (Wildman–Crippen MR) is 77.6 cm³/mol. The number of hydrogen-bond acceptors (Lipinski definition) is 2. The molecule has 2 unspecified atom stereocenters. The molecule has 0 amide bonds. The minimum Gasteiger partial charge on any atom is -0.330 e. The quantitative estimate of drug-likeness (QED) is 0.885. The zero-order valence-corrected chi connectivity index (χ0v) is 11.9. The number of aryl methyl sites for hydroxylation is 2. The highest BCUT2D eigenvalue weighted by Crippen LogP contribution is 2.29. The summed E-state index contributed by atoms with van der Waals surface area (Å²) in [6, 6.07) is 7.48. The van der Waals surface area contributed by atoms with Crippen LogP contribution in [0.3, 0.4) is 0 Å². The topological polar surface area (TPSA) is 29.3 Å². The number of nitrogens with two attached hydrogens (primary N) is 1. The molecule has 0 bridgehead atoms. The van der Waals surface area contributed by atoms with Crippen LogP contribution in [0, 0.1) is 19.8 Å². The van der Waals surface area contributed by atoms with Gasteiger partial charge in [-0.2, -0.15) is 0 Å². The van der Waals surface area contributed by atoms with Gasteiger partial charge < -0.3 is 5.73 Å². The van der Waals surface area contributed by atoms with Crippen molar-refractivity contribution in [3.8, 4) is 0 Å². The van der Waals surface area contributed by atoms with Crippen molar-refractivity contribution in [3.63, 3.8) is 0 Å². The van der Waals surface area contributed by atoms with Gasteiger partial charge in [-0.3, -0.25) is 4.90 Å². The fourth-order valence-corrected chi connectivity index (χ4v) is 3.18. The average molecular weight is 246 g/mol. The molecule has 0 radical (unpaired) electrons. The fourth-order valence-electron chi connectivity index (χ4n) is 3.18. The highest BCUT2D eigenvalue weighted by molar-refractivity contribution is 5.29. The molecule has 2 nitrogen and oxygen atoms in total. The van der Waals surface area contributed by atoms with Crippen LogP contribution in [0.4, 0.5) is 0 Å². The second kappa shape index (κ2) is 5.85. The molecule has 18 heavy (non-hydrogen) atoms. The number of nitrogens with zero attached hydrogens (tertiary/aromatic N) is 1. The van der Waals surface area contributed by atoms with Crippen molar-refractivity contribution >= 4 is 0 Å². The van der Waals surface area contributed by atoms with Gasteiger partial charge in [-0.15, -0.1) is 0 Å². The van der Waals surface area contributed by atoms with Crippen molar-refractivity contribution in [2.75, 3.05) is 13.6 Å². The van der Waals surface area contributed by atoms with Crippen LogP contribution in [0.5, 0.6) is 0 Å². The summed E-state index contributed by atoms with van der Waals surface area (Å²) in [5, 5.41) is 0. The maximum atomic E-state index is 5.87. The van der Waals surface area contributed by atoms with Gasteiger partial charge in [0.15, 0.2) is 0 Å². The van der Waals surface area contributed by atoms with Gasteiger partial charge in [0, 0.05) is 12.6 Å². The van der Waals surface area contributed by atoms with Crippen molar-refractivity contribution in [1.29, 1.82) is 0 Å². The first-order valence-corrected chi connectivity index (χ1v) is 7.08. The lowest BCUT2D eigenvalue weighted by atomic mass is 10.0. The molecule has 0 saturated heterocycles. The van der Waals surface area contributed by atoms with E-state index in [1.165, 1.54) is 36.0 Å². The monoisotopic (exact) mass is 246 g/mol. The van der Waals surface area contributed by atoms with Gasteiger partial charge in [-0.25, -0.2) is 0 Å². The lowest BCUT2D eigenvalue weighted by molar-refractivity contribution is 0.193. The van der Waals surface area contributed by atoms with Crippen LogP contribution in [0.25, 0.3) is 0 Å². The molecule has 1 fully saturated rings. The van der Waals surface area contributed by atoms with Crippen molar-refractivity contribution < 1.29 is 0 Å². The van der Waals surface area contributed by atoms with E-state index >= 15 is 0 Å². The number of benzene rings is 1. The third kappa shape index (κ3) is 2.93. The molecule has 1 aliphatic carbocycles. The van der Waals surface area contributed by atoms with Gasteiger partial charge in [0.1, 0.15) is 0 Å². The van der Waals surface area contributed by atoms with E-state index in [9.17, 15) is 0 Å². The Bertz CT molecular complexity index is 400. The minimum atomic E-state index is 0.677. The molecule has 2 N–H and O–H groups in total. The van der Waals surface area contributed by atoms with Crippen LogP contribution < -0.4 is 5.73 Å². The van der Waals surface area contributed by atoms with Crippen LogP contribution in [0.1, 0.15) is 36.0 Å². The molecular formula is C16H26N2. The second-order valence-electron chi connectivity index (χ2n) is 5.83. The van der Waals surface area contributed by atoms with Crippen LogP contribution in [0.15, 0.2) is 18.2 Å². The Morgan fingerprint density at radius 1 is 1.22 bits per heavy atom. The normalized spacial score (nSPS) is 23.8. The summed E-state index contributed by atoms with van der Waals surface area (Å²) in [4.78, 5) is 2.49. The van der Waals surface area contributed by atoms with E-state index in [2.05, 4.69) is 44.0 Å². The van der Waals surface area contributed by atoms with Crippen molar-refractivity contribution in [2.45, 2.75) is 45.7 Å². The van der Waals surface area contributed by atoms with Crippen LogP contribution in [-0.2, 0) is 6.54 Å². The maximum absolute atomic E-state index is 5.87. The van der Waals surface area contributed by atoms with E-state index in [-0.39, 0.29) is 0 Å². The van der Waals surface area contributed by atoms with E-state index < -0.39 is 0 Å². The lowest BCUT2D eigenvalue weighted by Gasteiger charge is -2.29. The molecule has 100 valence electrons. The Balaban J connectivity index is 2.02. The summed E-state index contributed by atoms with van der Waals surface area (Å²) in [7, 11) is 2.24. The maximum Gasteiger partial charge on any atom is 0.0233 e. The molecular weight excluding hydrogens is 220 g/mol. The Kier molecular flexibility index (Phi) is 4.41. The van der Waals surface area contributed by atoms with E-state index in [1.807, 2.05) is 0 Å². The summed E-state index contributed by atoms with van der Waals surface area (Å²) in [6.07, 6.45) is 3.95. The highest BCUT2D eigenvalue weighted by Gasteiger charge is 2.29. The standard InChI is InChI=1S/C16H26N2/c1-12-7-8-14(9-13(12)2)11-18(3)16-6-4-5-15(16)10-17/h7-9,15-16H,4-6,10-11,17H2,1-3H3. The van der Waals surface area contributed by atoms with Gasteiger partial charge in [-0.05, 0) is 62.9 Å². The lowest BCUT2D eigenvalue weighted by Crippen LogP contribution is -2.37. The van der Waals surface area contributed by atoms with E-state index in [0.717, 1.165) is 13.1 Å². The van der Waals surface area contributed by atoms with Crippen LogP contribution in [-0.4, -0.2) is 24.5 Å². The highest BCUT2D eigenvalue weighted by atomic mass is 15.1. The zero-order chi connectivity index (χ0) is 13.1. The first kappa shape index (κ1) is 13.6. The molecule has 1 aromatic carbocycles. The Hall–Kier alpha value is -0.860. The van der Waals surface area contributed by atoms with Gasteiger partial charge >= 0.3 is 0 Å². The van der Waals surface area contributed by atoms with E-state index in [1.54, 1.807) is 0 Å². The Morgan fingerprint density at radius 3 is 2.67 bits per heavy atom. The first-order valence-electron chi connectivity index (χ1n) is 7.08. The minimum absolute atomic E-state index is 0.677. The van der Waals surface area contributed by atoms with Gasteiger partial charge in [0.05, 0.1) is 0 Å². The van der Waals surface area contributed by atoms with Gasteiger partial charge in [0.25, 0.3) is 0 Å². The number of rotatable bonds is 4. The average Bonchev–Trinajstić information content (AvgIpc) is 2.82. The smallest absolute Gasteiger partial charge is 0.0233 e. The fraction of sp³-hybridized carbons (Fsp3) is 0.625. The predicted octanol–water partition coefficient (Wildman–Crippen LogP) is 2.86. The summed E-state index contributed by atoms with van der Waals surface area (Å²) in [6.45, 7) is 6.24. The zero-order valence-electron chi connectivity index (χ0n) is 11.9. The third-order valence-electron chi connectivity index (χ3n) is 4.49. The van der Waals surface area contributed by atoms with Crippen molar-refractivity contribution in [1.82, 2.24) is 4.90 Å². The number of hydrogen-bond donors (Lipinski definition) is 1.